The fourth-order valence-corrected chi connectivity index (χ4v) is 3.59. The molecule has 0 aliphatic rings. The Labute approximate surface area is 263 Å². The van der Waals surface area contributed by atoms with E-state index < -0.39 is 35.9 Å². The lowest BCUT2D eigenvalue weighted by molar-refractivity contribution is -0.145. The van der Waals surface area contributed by atoms with E-state index in [1.54, 1.807) is 42.5 Å². The van der Waals surface area contributed by atoms with E-state index in [9.17, 15) is 22.8 Å². The van der Waals surface area contributed by atoms with E-state index in [1.807, 2.05) is 0 Å². The third kappa shape index (κ3) is 9.50. The van der Waals surface area contributed by atoms with Crippen LogP contribution >= 0.6 is 11.6 Å². The Balaban J connectivity index is 0.000000209. The molecule has 0 saturated heterocycles. The van der Waals surface area contributed by atoms with Gasteiger partial charge in [0.25, 0.3) is 0 Å². The average molecular weight is 661 g/mol. The first-order chi connectivity index (χ1) is 21.8. The van der Waals surface area contributed by atoms with Crippen molar-refractivity contribution < 1.29 is 56.3 Å². The Kier molecular flexibility index (Phi) is 10.5. The molecule has 2 unspecified atom stereocenters. The molecular formula is C31H24ClF3N2O9. The van der Waals surface area contributed by atoms with E-state index in [2.05, 4.69) is 9.97 Å². The van der Waals surface area contributed by atoms with Gasteiger partial charge in [0.2, 0.25) is 5.88 Å². The lowest BCUT2D eigenvalue weighted by Crippen LogP contribution is -2.22. The highest BCUT2D eigenvalue weighted by Crippen LogP contribution is 2.31. The molecule has 15 heteroatoms. The normalized spacial score (nSPS) is 12.3. The van der Waals surface area contributed by atoms with Crippen molar-refractivity contribution in [3.8, 4) is 35.0 Å². The first-order valence-electron chi connectivity index (χ1n) is 13.2. The number of carboxylic acids is 2. The second kappa shape index (κ2) is 14.5. The Morgan fingerprint density at radius 3 is 1.78 bits per heavy atom. The van der Waals surface area contributed by atoms with Crippen LogP contribution in [0.1, 0.15) is 19.4 Å². The van der Waals surface area contributed by atoms with Crippen LogP contribution in [0.2, 0.25) is 5.02 Å². The molecule has 46 heavy (non-hydrogen) atoms. The number of hydrogen-bond acceptors (Lipinski definition) is 9. The molecule has 2 atom stereocenters. The van der Waals surface area contributed by atoms with Crippen LogP contribution in [0.15, 0.2) is 89.5 Å². The van der Waals surface area contributed by atoms with E-state index in [0.29, 0.717) is 45.3 Å². The summed E-state index contributed by atoms with van der Waals surface area (Å²) in [5, 5.41) is 18.1. The Morgan fingerprint density at radius 1 is 0.783 bits per heavy atom. The second-order valence-electron chi connectivity index (χ2n) is 9.32. The summed E-state index contributed by atoms with van der Waals surface area (Å²) in [5.74, 6) is -0.560. The molecule has 0 spiro atoms. The van der Waals surface area contributed by atoms with Crippen LogP contribution in [0.4, 0.5) is 13.2 Å². The fourth-order valence-electron chi connectivity index (χ4n) is 3.43. The van der Waals surface area contributed by atoms with Gasteiger partial charge < -0.3 is 33.6 Å². The van der Waals surface area contributed by atoms with E-state index in [-0.39, 0.29) is 12.0 Å². The molecular weight excluding hydrogens is 637 g/mol. The highest BCUT2D eigenvalue weighted by molar-refractivity contribution is 6.31. The molecule has 0 radical (unpaired) electrons. The number of aromatic nitrogens is 2. The van der Waals surface area contributed by atoms with Crippen LogP contribution in [0.25, 0.3) is 11.1 Å². The molecule has 2 heterocycles. The predicted octanol–water partition coefficient (Wildman–Crippen LogP) is 7.87. The number of pyridine rings is 1. The van der Waals surface area contributed by atoms with Gasteiger partial charge in [0.15, 0.2) is 17.8 Å². The van der Waals surface area contributed by atoms with Gasteiger partial charge in [-0.15, -0.1) is 0 Å². The van der Waals surface area contributed by atoms with Crippen molar-refractivity contribution in [2.24, 2.45) is 0 Å². The van der Waals surface area contributed by atoms with Crippen molar-refractivity contribution in [3.63, 3.8) is 0 Å². The molecule has 0 fully saturated rings. The number of hydrogen-bond donors (Lipinski definition) is 2. The average Bonchev–Trinajstić information content (AvgIpc) is 3.40. The number of oxazole rings is 1. The van der Waals surface area contributed by atoms with Crippen LogP contribution < -0.4 is 18.9 Å². The highest BCUT2D eigenvalue weighted by atomic mass is 35.5. The molecule has 11 nitrogen and oxygen atoms in total. The first-order valence-corrected chi connectivity index (χ1v) is 13.6. The fraction of sp³-hybridized carbons (Fsp3) is 0.161. The van der Waals surface area contributed by atoms with Gasteiger partial charge in [-0.1, -0.05) is 11.6 Å². The maximum atomic E-state index is 12.4. The maximum absolute atomic E-state index is 12.4. The minimum atomic E-state index is -4.45. The standard InChI is InChI=1S/C16H12ClNO5.C15H12F3NO4/c1-9(15(19)20)21-11-3-5-12(6-4-11)22-16-18-13-7-2-10(17)8-14(13)23-16;1-9(14(20)21)22-11-3-5-12(6-4-11)23-13-7-2-10(8-19-13)15(16,17)18/h2-9H,1H3,(H,19,20);2-9H,1H3,(H,20,21). The quantitative estimate of drug-likeness (QED) is 0.151. The van der Waals surface area contributed by atoms with Crippen LogP contribution in [-0.4, -0.2) is 44.3 Å². The van der Waals surface area contributed by atoms with Crippen molar-refractivity contribution in [1.82, 2.24) is 9.97 Å². The summed E-state index contributed by atoms with van der Waals surface area (Å²) < 4.78 is 63.9. The molecule has 0 saturated carbocycles. The second-order valence-corrected chi connectivity index (χ2v) is 9.75. The van der Waals surface area contributed by atoms with E-state index >= 15 is 0 Å². The zero-order chi connectivity index (χ0) is 33.4. The van der Waals surface area contributed by atoms with Gasteiger partial charge in [0.05, 0.1) is 5.56 Å². The number of benzene rings is 3. The van der Waals surface area contributed by atoms with Crippen molar-refractivity contribution in [1.29, 1.82) is 0 Å². The SMILES string of the molecule is CC(Oc1ccc(Oc2ccc(C(F)(F)F)cn2)cc1)C(=O)O.CC(Oc1ccc(Oc2nc3ccc(Cl)cc3o2)cc1)C(=O)O. The number of nitrogens with zero attached hydrogens (tertiary/aromatic N) is 2. The summed E-state index contributed by atoms with van der Waals surface area (Å²) in [7, 11) is 0. The van der Waals surface area contributed by atoms with Crippen molar-refractivity contribution in [2.75, 3.05) is 0 Å². The Hall–Kier alpha value is -5.50. The van der Waals surface area contributed by atoms with E-state index in [4.69, 9.17) is 45.2 Å². The summed E-state index contributed by atoms with van der Waals surface area (Å²) in [6.07, 6.45) is -5.61. The van der Waals surface area contributed by atoms with Gasteiger partial charge in [0, 0.05) is 23.4 Å². The smallest absolute Gasteiger partial charge is 0.417 e. The summed E-state index contributed by atoms with van der Waals surface area (Å²) in [6.45, 7) is 2.84. The lowest BCUT2D eigenvalue weighted by Gasteiger charge is -2.11. The molecule has 240 valence electrons. The minimum Gasteiger partial charge on any atom is -0.479 e. The number of rotatable bonds is 10. The van der Waals surface area contributed by atoms with Gasteiger partial charge in [-0.2, -0.15) is 18.2 Å². The molecule has 2 N–H and O–H groups in total. The zero-order valence-corrected chi connectivity index (χ0v) is 24.7. The Morgan fingerprint density at radius 2 is 1.30 bits per heavy atom. The van der Waals surface area contributed by atoms with Gasteiger partial charge >= 0.3 is 24.2 Å². The van der Waals surface area contributed by atoms with Crippen LogP contribution in [-0.2, 0) is 15.8 Å². The third-order valence-electron chi connectivity index (χ3n) is 5.79. The summed E-state index contributed by atoms with van der Waals surface area (Å²) >= 11 is 5.88. The van der Waals surface area contributed by atoms with Crippen molar-refractivity contribution in [3.05, 3.63) is 95.6 Å². The molecule has 5 aromatic rings. The highest BCUT2D eigenvalue weighted by Gasteiger charge is 2.30. The summed E-state index contributed by atoms with van der Waals surface area (Å²) in [4.78, 5) is 29.2. The molecule has 5 rings (SSSR count). The molecule has 0 aliphatic carbocycles. The molecule has 2 aromatic heterocycles. The monoisotopic (exact) mass is 660 g/mol. The predicted molar refractivity (Wildman–Crippen MR) is 157 cm³/mol. The largest absolute Gasteiger partial charge is 0.479 e. The number of ether oxygens (including phenoxy) is 4. The molecule has 3 aromatic carbocycles. The number of halogens is 4. The molecule has 0 aliphatic heterocycles. The number of alkyl halides is 3. The Bertz CT molecular complexity index is 1780. The van der Waals surface area contributed by atoms with Gasteiger partial charge in [0.1, 0.15) is 28.5 Å². The maximum Gasteiger partial charge on any atom is 0.417 e. The first kappa shape index (κ1) is 33.4. The van der Waals surface area contributed by atoms with Gasteiger partial charge in [-0.05, 0) is 80.6 Å². The summed E-state index contributed by atoms with van der Waals surface area (Å²) in [6, 6.07) is 19.5. The molecule has 0 amide bonds. The van der Waals surface area contributed by atoms with Crippen LogP contribution in [0, 0.1) is 0 Å². The van der Waals surface area contributed by atoms with Crippen LogP contribution in [0.3, 0.4) is 0 Å². The number of carbonyl (C=O) groups is 2. The van der Waals surface area contributed by atoms with Crippen molar-refractivity contribution in [2.45, 2.75) is 32.2 Å². The van der Waals surface area contributed by atoms with Crippen LogP contribution in [0.5, 0.6) is 35.0 Å². The van der Waals surface area contributed by atoms with Gasteiger partial charge in [-0.25, -0.2) is 14.6 Å². The molecule has 0 bridgehead atoms. The number of fused-ring (bicyclic) bond motifs is 1. The zero-order valence-electron chi connectivity index (χ0n) is 23.9. The minimum absolute atomic E-state index is 0.00516. The van der Waals surface area contributed by atoms with Crippen molar-refractivity contribution >= 4 is 34.6 Å². The number of carboxylic acid groups (broad SMARTS) is 2. The van der Waals surface area contributed by atoms with Gasteiger partial charge in [-0.3, -0.25) is 0 Å². The third-order valence-corrected chi connectivity index (χ3v) is 6.03. The van der Waals surface area contributed by atoms with E-state index in [1.165, 1.54) is 38.1 Å². The summed E-state index contributed by atoms with van der Waals surface area (Å²) in [5.41, 5.74) is 0.304. The number of aliphatic carboxylic acids is 2. The topological polar surface area (TPSA) is 150 Å². The van der Waals surface area contributed by atoms with E-state index in [0.717, 1.165) is 12.1 Å². The lowest BCUT2D eigenvalue weighted by atomic mass is 10.3.